The molecule has 0 aliphatic carbocycles. The molecule has 1 rings (SSSR count). The van der Waals surface area contributed by atoms with E-state index in [0.29, 0.717) is 6.29 Å². The summed E-state index contributed by atoms with van der Waals surface area (Å²) in [5.41, 5.74) is -0.993. The van der Waals surface area contributed by atoms with Crippen molar-refractivity contribution in [2.45, 2.75) is 19.3 Å². The van der Waals surface area contributed by atoms with Crippen molar-refractivity contribution in [3.8, 4) is 6.07 Å². The number of halogens is 2. The van der Waals surface area contributed by atoms with Crippen LogP contribution in [0.3, 0.4) is 0 Å². The minimum Gasteiger partial charge on any atom is -0.298 e. The predicted octanol–water partition coefficient (Wildman–Crippen LogP) is 3.09. The maximum atomic E-state index is 13.7. The van der Waals surface area contributed by atoms with E-state index >= 15 is 0 Å². The van der Waals surface area contributed by atoms with Gasteiger partial charge in [0.15, 0.2) is 6.29 Å². The molecule has 0 spiro atoms. The van der Waals surface area contributed by atoms with Crippen LogP contribution in [0.4, 0.5) is 4.39 Å². The molecule has 0 aliphatic rings. The molecular formula is C11H9ClFNO. The normalized spacial score (nSPS) is 10.9. The molecular weight excluding hydrogens is 217 g/mol. The first-order chi connectivity index (χ1) is 6.92. The maximum Gasteiger partial charge on any atom is 0.153 e. The van der Waals surface area contributed by atoms with Gasteiger partial charge in [-0.3, -0.25) is 4.79 Å². The molecule has 0 N–H and O–H groups in total. The molecule has 0 bridgehead atoms. The minimum absolute atomic E-state index is 0.124. The average Bonchev–Trinajstić information content (AvgIpc) is 2.20. The zero-order chi connectivity index (χ0) is 11.6. The number of nitriles is 1. The van der Waals surface area contributed by atoms with E-state index in [2.05, 4.69) is 0 Å². The van der Waals surface area contributed by atoms with Crippen molar-refractivity contribution < 1.29 is 9.18 Å². The van der Waals surface area contributed by atoms with Crippen molar-refractivity contribution in [1.29, 1.82) is 5.26 Å². The molecule has 78 valence electrons. The second kappa shape index (κ2) is 4.00. The molecule has 0 aromatic heterocycles. The molecule has 0 unspecified atom stereocenters. The van der Waals surface area contributed by atoms with E-state index in [4.69, 9.17) is 16.9 Å². The topological polar surface area (TPSA) is 40.9 Å². The van der Waals surface area contributed by atoms with E-state index in [0.717, 1.165) is 0 Å². The van der Waals surface area contributed by atoms with E-state index < -0.39 is 11.2 Å². The monoisotopic (exact) mass is 225 g/mol. The third-order valence-corrected chi connectivity index (χ3v) is 2.36. The Balaban J connectivity index is 3.50. The first-order valence-corrected chi connectivity index (χ1v) is 4.66. The average molecular weight is 226 g/mol. The largest absolute Gasteiger partial charge is 0.298 e. The first kappa shape index (κ1) is 11.7. The lowest BCUT2D eigenvalue weighted by Gasteiger charge is -2.17. The van der Waals surface area contributed by atoms with Crippen LogP contribution in [0.5, 0.6) is 0 Å². The summed E-state index contributed by atoms with van der Waals surface area (Å²) in [5, 5.41) is 9.13. The van der Waals surface area contributed by atoms with Crippen molar-refractivity contribution in [3.05, 3.63) is 34.1 Å². The molecule has 4 heteroatoms. The molecule has 1 aromatic carbocycles. The number of aldehydes is 1. The summed E-state index contributed by atoms with van der Waals surface area (Å²) in [5.74, 6) is -0.680. The summed E-state index contributed by atoms with van der Waals surface area (Å²) in [6.45, 7) is 3.13. The highest BCUT2D eigenvalue weighted by Gasteiger charge is 2.25. The number of carbonyl (C=O) groups excluding carboxylic acids is 1. The molecule has 2 nitrogen and oxygen atoms in total. The number of benzene rings is 1. The summed E-state index contributed by atoms with van der Waals surface area (Å²) in [7, 11) is 0. The van der Waals surface area contributed by atoms with E-state index in [9.17, 15) is 9.18 Å². The molecule has 0 radical (unpaired) electrons. The summed E-state index contributed by atoms with van der Waals surface area (Å²) in [6.07, 6.45) is 0.387. The Morgan fingerprint density at radius 3 is 2.60 bits per heavy atom. The summed E-state index contributed by atoms with van der Waals surface area (Å²) >= 11 is 5.73. The Hall–Kier alpha value is -1.40. The minimum atomic E-state index is -1.01. The fourth-order valence-electron chi connectivity index (χ4n) is 1.21. The van der Waals surface area contributed by atoms with Crippen molar-refractivity contribution in [2.75, 3.05) is 0 Å². The molecule has 1 aromatic rings. The van der Waals surface area contributed by atoms with Crippen LogP contribution < -0.4 is 0 Å². The number of rotatable bonds is 2. The van der Waals surface area contributed by atoms with Crippen molar-refractivity contribution >= 4 is 17.9 Å². The zero-order valence-corrected chi connectivity index (χ0v) is 9.10. The third-order valence-electron chi connectivity index (χ3n) is 2.15. The number of nitrogens with zero attached hydrogens (tertiary/aromatic N) is 1. The highest BCUT2D eigenvalue weighted by Crippen LogP contribution is 2.29. The van der Waals surface area contributed by atoms with Crippen LogP contribution in [-0.4, -0.2) is 6.29 Å². The standard InChI is InChI=1S/C11H9ClFNO/c1-11(2,6-14)9-4-8(12)3-7(5-15)10(9)13/h3-5H,1-2H3. The summed E-state index contributed by atoms with van der Waals surface area (Å²) < 4.78 is 13.7. The Morgan fingerprint density at radius 2 is 2.13 bits per heavy atom. The number of carbonyl (C=O) groups is 1. The van der Waals surface area contributed by atoms with Crippen LogP contribution in [-0.2, 0) is 5.41 Å². The zero-order valence-electron chi connectivity index (χ0n) is 8.34. The van der Waals surface area contributed by atoms with Gasteiger partial charge in [0.1, 0.15) is 5.82 Å². The number of hydrogen-bond donors (Lipinski definition) is 0. The fourth-order valence-corrected chi connectivity index (χ4v) is 1.44. The van der Waals surface area contributed by atoms with Gasteiger partial charge in [-0.25, -0.2) is 4.39 Å². The summed E-state index contributed by atoms with van der Waals surface area (Å²) in [6, 6.07) is 4.57. The van der Waals surface area contributed by atoms with E-state index in [1.54, 1.807) is 13.8 Å². The molecule has 0 fully saturated rings. The molecule has 0 heterocycles. The second-order valence-electron chi connectivity index (χ2n) is 3.71. The van der Waals surface area contributed by atoms with Crippen LogP contribution in [0.1, 0.15) is 29.8 Å². The van der Waals surface area contributed by atoms with Gasteiger partial charge >= 0.3 is 0 Å². The number of hydrogen-bond acceptors (Lipinski definition) is 2. The van der Waals surface area contributed by atoms with Crippen LogP contribution in [0, 0.1) is 17.1 Å². The lowest BCUT2D eigenvalue weighted by atomic mass is 9.85. The Bertz CT molecular complexity index is 449. The van der Waals surface area contributed by atoms with Crippen LogP contribution in [0.15, 0.2) is 12.1 Å². The molecule has 0 saturated carbocycles. The molecule has 0 amide bonds. The fraction of sp³-hybridized carbons (Fsp3) is 0.273. The van der Waals surface area contributed by atoms with Crippen LogP contribution in [0.25, 0.3) is 0 Å². The third kappa shape index (κ3) is 2.16. The smallest absolute Gasteiger partial charge is 0.153 e. The van der Waals surface area contributed by atoms with Crippen molar-refractivity contribution in [3.63, 3.8) is 0 Å². The van der Waals surface area contributed by atoms with Crippen LogP contribution >= 0.6 is 11.6 Å². The van der Waals surface area contributed by atoms with Gasteiger partial charge in [-0.1, -0.05) is 11.6 Å². The van der Waals surface area contributed by atoms with Gasteiger partial charge < -0.3 is 0 Å². The van der Waals surface area contributed by atoms with Gasteiger partial charge in [0.05, 0.1) is 17.0 Å². The Kier molecular flexibility index (Phi) is 3.11. The Labute approximate surface area is 92.3 Å². The SMILES string of the molecule is CC(C)(C#N)c1cc(Cl)cc(C=O)c1F. The lowest BCUT2D eigenvalue weighted by Crippen LogP contribution is -2.17. The van der Waals surface area contributed by atoms with E-state index in [1.165, 1.54) is 12.1 Å². The second-order valence-corrected chi connectivity index (χ2v) is 4.15. The van der Waals surface area contributed by atoms with Gasteiger partial charge in [0.25, 0.3) is 0 Å². The van der Waals surface area contributed by atoms with Crippen molar-refractivity contribution in [2.24, 2.45) is 0 Å². The van der Waals surface area contributed by atoms with Crippen LogP contribution in [0.2, 0.25) is 5.02 Å². The van der Waals surface area contributed by atoms with Gasteiger partial charge in [-0.05, 0) is 26.0 Å². The molecule has 0 aliphatic heterocycles. The highest BCUT2D eigenvalue weighted by molar-refractivity contribution is 6.30. The lowest BCUT2D eigenvalue weighted by molar-refractivity contribution is 0.111. The van der Waals surface area contributed by atoms with E-state index in [-0.39, 0.29) is 16.1 Å². The quantitative estimate of drug-likeness (QED) is 0.726. The van der Waals surface area contributed by atoms with Gasteiger partial charge in [-0.2, -0.15) is 5.26 Å². The summed E-state index contributed by atoms with van der Waals surface area (Å²) in [4.78, 5) is 10.6. The van der Waals surface area contributed by atoms with E-state index in [1.807, 2.05) is 6.07 Å². The molecule has 0 saturated heterocycles. The highest BCUT2D eigenvalue weighted by atomic mass is 35.5. The first-order valence-electron chi connectivity index (χ1n) is 4.28. The van der Waals surface area contributed by atoms with Gasteiger partial charge in [0.2, 0.25) is 0 Å². The molecule has 15 heavy (non-hydrogen) atoms. The van der Waals surface area contributed by atoms with Gasteiger partial charge in [-0.15, -0.1) is 0 Å². The maximum absolute atomic E-state index is 13.7. The molecule has 0 atom stereocenters. The van der Waals surface area contributed by atoms with Crippen molar-refractivity contribution in [1.82, 2.24) is 0 Å². The van der Waals surface area contributed by atoms with Gasteiger partial charge in [0, 0.05) is 10.6 Å². The predicted molar refractivity (Wildman–Crippen MR) is 55.4 cm³/mol. The Morgan fingerprint density at radius 1 is 1.53 bits per heavy atom.